The molecule has 0 aliphatic carbocycles. The van der Waals surface area contributed by atoms with E-state index >= 15 is 0 Å². The molecule has 4 aromatic heterocycles. The fourth-order valence-electron chi connectivity index (χ4n) is 9.46. The van der Waals surface area contributed by atoms with Gasteiger partial charge in [-0.05, 0) is 88.3 Å². The van der Waals surface area contributed by atoms with Crippen LogP contribution in [-0.4, -0.2) is 28.5 Å². The van der Waals surface area contributed by atoms with Crippen molar-refractivity contribution in [2.75, 3.05) is 0 Å². The van der Waals surface area contributed by atoms with E-state index in [4.69, 9.17) is 15.0 Å². The second-order valence-electron chi connectivity index (χ2n) is 15.7. The number of rotatable bonds is 5. The molecule has 0 amide bonds. The van der Waals surface area contributed by atoms with Crippen LogP contribution in [0.25, 0.3) is 116 Å². The maximum absolute atomic E-state index is 5.44. The van der Waals surface area contributed by atoms with E-state index in [0.29, 0.717) is 0 Å². The lowest BCUT2D eigenvalue weighted by Gasteiger charge is -2.15. The highest BCUT2D eigenvalue weighted by atomic mass is 15.2. The number of aromatic nitrogens is 6. The van der Waals surface area contributed by atoms with E-state index in [9.17, 15) is 0 Å². The van der Waals surface area contributed by atoms with E-state index in [1.165, 1.54) is 32.8 Å². The van der Waals surface area contributed by atoms with Gasteiger partial charge in [0.15, 0.2) is 0 Å². The number of para-hydroxylation sites is 6. The lowest BCUT2D eigenvalue weighted by Crippen LogP contribution is -2.06. The Morgan fingerprint density at radius 3 is 1.66 bits per heavy atom. The number of benzene rings is 9. The van der Waals surface area contributed by atoms with E-state index in [1.807, 2.05) is 6.07 Å². The largest absolute Gasteiger partial charge is 0.292 e. The van der Waals surface area contributed by atoms with E-state index in [2.05, 4.69) is 214 Å². The Bertz CT molecular complexity index is 3860. The van der Waals surface area contributed by atoms with Gasteiger partial charge in [-0.15, -0.1) is 0 Å². The molecular formula is C55H34N6. The minimum atomic E-state index is 0.813. The Labute approximate surface area is 349 Å². The molecule has 0 aliphatic rings. The van der Waals surface area contributed by atoms with Crippen LogP contribution in [0.2, 0.25) is 0 Å². The minimum Gasteiger partial charge on any atom is -0.292 e. The standard InChI is InChI=1S/C55H34N6/c1-2-14-35(15-3-1)36-30-32-39(33-31-36)59-50-24-12-9-21-47(50)56-53(59)38-28-26-37(27-29-38)44-34-45-41-17-7-11-23-49(41)60(52(45)42-18-5-4-16-40(42)44)55-58-46-20-8-6-19-43(46)54-57-48-22-10-13-25-51(48)61(54)55/h1-34H. The van der Waals surface area contributed by atoms with Crippen LogP contribution >= 0.6 is 0 Å². The van der Waals surface area contributed by atoms with Gasteiger partial charge in [0.1, 0.15) is 11.5 Å². The average molecular weight is 779 g/mol. The molecule has 284 valence electrons. The van der Waals surface area contributed by atoms with Gasteiger partial charge in [0.25, 0.3) is 0 Å². The van der Waals surface area contributed by atoms with Crippen LogP contribution in [0.3, 0.4) is 0 Å². The summed E-state index contributed by atoms with van der Waals surface area (Å²) < 4.78 is 6.86. The summed E-state index contributed by atoms with van der Waals surface area (Å²) >= 11 is 0. The van der Waals surface area contributed by atoms with E-state index in [-0.39, 0.29) is 0 Å². The molecule has 0 spiro atoms. The third kappa shape index (κ3) is 5.06. The fraction of sp³-hybridized carbons (Fsp3) is 0. The van der Waals surface area contributed by atoms with Gasteiger partial charge in [-0.1, -0.05) is 146 Å². The Morgan fingerprint density at radius 1 is 0.328 bits per heavy atom. The lowest BCUT2D eigenvalue weighted by atomic mass is 9.94. The molecule has 13 rings (SSSR count). The van der Waals surface area contributed by atoms with Gasteiger partial charge in [0.2, 0.25) is 5.95 Å². The number of fused-ring (bicyclic) bond motifs is 11. The lowest BCUT2D eigenvalue weighted by molar-refractivity contribution is 0.982. The maximum atomic E-state index is 5.44. The third-order valence-corrected chi connectivity index (χ3v) is 12.2. The highest BCUT2D eigenvalue weighted by Gasteiger charge is 2.23. The second kappa shape index (κ2) is 13.1. The zero-order valence-electron chi connectivity index (χ0n) is 32.8. The van der Waals surface area contributed by atoms with E-state index in [1.54, 1.807) is 0 Å². The summed E-state index contributed by atoms with van der Waals surface area (Å²) in [6, 6.07) is 73.1. The highest BCUT2D eigenvalue weighted by molar-refractivity contribution is 6.22. The normalized spacial score (nSPS) is 11.9. The highest BCUT2D eigenvalue weighted by Crippen LogP contribution is 2.42. The molecule has 0 fully saturated rings. The molecule has 9 aromatic carbocycles. The van der Waals surface area contributed by atoms with Crippen LogP contribution in [0.15, 0.2) is 206 Å². The van der Waals surface area contributed by atoms with Crippen molar-refractivity contribution >= 4 is 71.2 Å². The summed E-state index contributed by atoms with van der Waals surface area (Å²) in [5.41, 5.74) is 14.8. The first-order valence-corrected chi connectivity index (χ1v) is 20.6. The maximum Gasteiger partial charge on any atom is 0.221 e. The molecule has 0 radical (unpaired) electrons. The van der Waals surface area contributed by atoms with Gasteiger partial charge in [0.05, 0.1) is 38.6 Å². The Morgan fingerprint density at radius 2 is 0.885 bits per heavy atom. The van der Waals surface area contributed by atoms with E-state index < -0.39 is 0 Å². The average Bonchev–Trinajstić information content (AvgIpc) is 4.02. The molecule has 0 saturated heterocycles. The molecule has 61 heavy (non-hydrogen) atoms. The van der Waals surface area contributed by atoms with Gasteiger partial charge in [-0.2, -0.15) is 0 Å². The first-order chi connectivity index (χ1) is 30.3. The van der Waals surface area contributed by atoms with Gasteiger partial charge in [-0.3, -0.25) is 13.5 Å². The van der Waals surface area contributed by atoms with Crippen molar-refractivity contribution in [3.05, 3.63) is 206 Å². The zero-order chi connectivity index (χ0) is 40.0. The minimum absolute atomic E-state index is 0.813. The van der Waals surface area contributed by atoms with Crippen molar-refractivity contribution in [2.45, 2.75) is 0 Å². The Balaban J connectivity index is 1.00. The quantitative estimate of drug-likeness (QED) is 0.175. The molecule has 0 atom stereocenters. The molecule has 6 nitrogen and oxygen atoms in total. The Hall–Kier alpha value is -8.35. The smallest absolute Gasteiger partial charge is 0.221 e. The number of hydrogen-bond donors (Lipinski definition) is 0. The number of nitrogens with zero attached hydrogens (tertiary/aromatic N) is 6. The first-order valence-electron chi connectivity index (χ1n) is 20.6. The molecule has 4 heterocycles. The molecule has 6 heteroatoms. The summed E-state index contributed by atoms with van der Waals surface area (Å²) in [5, 5.41) is 5.69. The zero-order valence-corrected chi connectivity index (χ0v) is 32.8. The van der Waals surface area contributed by atoms with E-state index in [0.717, 1.165) is 83.6 Å². The van der Waals surface area contributed by atoms with Crippen molar-refractivity contribution in [3.63, 3.8) is 0 Å². The second-order valence-corrected chi connectivity index (χ2v) is 15.7. The molecule has 0 N–H and O–H groups in total. The summed E-state index contributed by atoms with van der Waals surface area (Å²) in [7, 11) is 0. The van der Waals surface area contributed by atoms with Crippen molar-refractivity contribution < 1.29 is 0 Å². The molecule has 0 bridgehead atoms. The van der Waals surface area contributed by atoms with Gasteiger partial charge >= 0.3 is 0 Å². The van der Waals surface area contributed by atoms with Crippen LogP contribution < -0.4 is 0 Å². The van der Waals surface area contributed by atoms with Crippen LogP contribution in [0.4, 0.5) is 0 Å². The molecule has 0 aliphatic heterocycles. The Kier molecular flexibility index (Phi) is 7.21. The van der Waals surface area contributed by atoms with Crippen molar-refractivity contribution in [2.24, 2.45) is 0 Å². The summed E-state index contributed by atoms with van der Waals surface area (Å²) in [6.07, 6.45) is 0. The summed E-state index contributed by atoms with van der Waals surface area (Å²) in [5.74, 6) is 1.72. The van der Waals surface area contributed by atoms with Gasteiger partial charge < -0.3 is 0 Å². The molecular weight excluding hydrogens is 745 g/mol. The number of imidazole rings is 2. The predicted octanol–water partition coefficient (Wildman–Crippen LogP) is 13.6. The fourth-order valence-corrected chi connectivity index (χ4v) is 9.46. The summed E-state index contributed by atoms with van der Waals surface area (Å²) in [4.78, 5) is 15.8. The summed E-state index contributed by atoms with van der Waals surface area (Å²) in [6.45, 7) is 0. The molecule has 0 unspecified atom stereocenters. The van der Waals surface area contributed by atoms with Crippen LogP contribution in [-0.2, 0) is 0 Å². The van der Waals surface area contributed by atoms with Gasteiger partial charge in [-0.25, -0.2) is 15.0 Å². The van der Waals surface area contributed by atoms with Crippen molar-refractivity contribution in [1.82, 2.24) is 28.5 Å². The molecule has 0 saturated carbocycles. The van der Waals surface area contributed by atoms with Gasteiger partial charge in [0, 0.05) is 32.8 Å². The third-order valence-electron chi connectivity index (χ3n) is 12.2. The SMILES string of the molecule is c1ccc(-c2ccc(-n3c(-c4ccc(-c5cc6c7ccccc7n(-c7nc8ccccc8c8nc9ccccc9n78)c6c6ccccc56)cc4)nc4ccccc43)cc2)cc1. The van der Waals surface area contributed by atoms with Crippen molar-refractivity contribution in [3.8, 4) is 45.3 Å². The number of hydrogen-bond acceptors (Lipinski definition) is 3. The van der Waals surface area contributed by atoms with Crippen LogP contribution in [0.1, 0.15) is 0 Å². The van der Waals surface area contributed by atoms with Crippen molar-refractivity contribution in [1.29, 1.82) is 0 Å². The first kappa shape index (κ1) is 33.6. The predicted molar refractivity (Wildman–Crippen MR) is 251 cm³/mol. The van der Waals surface area contributed by atoms with Crippen LogP contribution in [0, 0.1) is 0 Å². The molecule has 13 aromatic rings. The monoisotopic (exact) mass is 778 g/mol. The topological polar surface area (TPSA) is 52.9 Å². The van der Waals surface area contributed by atoms with Crippen LogP contribution in [0.5, 0.6) is 0 Å².